The zero-order valence-corrected chi connectivity index (χ0v) is 22.1. The van der Waals surface area contributed by atoms with Crippen molar-refractivity contribution < 1.29 is 14.3 Å². The SMILES string of the molecule is COc1cccc(CN(C(=O)CCc2ccccc2Cl)[C@@H](Cc2ccccc2)C(=O)NC2CCCC2)c1. The summed E-state index contributed by atoms with van der Waals surface area (Å²) in [7, 11) is 1.62. The minimum absolute atomic E-state index is 0.0785. The molecule has 0 aliphatic heterocycles. The number of aryl methyl sites for hydroxylation is 1. The van der Waals surface area contributed by atoms with Gasteiger partial charge in [-0.05, 0) is 54.2 Å². The first kappa shape index (κ1) is 26.7. The van der Waals surface area contributed by atoms with Gasteiger partial charge >= 0.3 is 0 Å². The Morgan fingerprint density at radius 2 is 1.68 bits per heavy atom. The van der Waals surface area contributed by atoms with E-state index in [4.69, 9.17) is 16.3 Å². The van der Waals surface area contributed by atoms with Gasteiger partial charge in [0.2, 0.25) is 11.8 Å². The van der Waals surface area contributed by atoms with Gasteiger partial charge < -0.3 is 15.0 Å². The Morgan fingerprint density at radius 3 is 2.41 bits per heavy atom. The number of methoxy groups -OCH3 is 1. The highest BCUT2D eigenvalue weighted by molar-refractivity contribution is 6.31. The van der Waals surface area contributed by atoms with E-state index in [1.807, 2.05) is 78.9 Å². The highest BCUT2D eigenvalue weighted by Crippen LogP contribution is 2.23. The van der Waals surface area contributed by atoms with Crippen LogP contribution in [0.4, 0.5) is 0 Å². The third-order valence-electron chi connectivity index (χ3n) is 7.03. The van der Waals surface area contributed by atoms with E-state index in [-0.39, 0.29) is 24.3 Å². The van der Waals surface area contributed by atoms with E-state index in [9.17, 15) is 9.59 Å². The van der Waals surface area contributed by atoms with Crippen molar-refractivity contribution in [2.45, 2.75) is 63.6 Å². The molecule has 0 aromatic heterocycles. The summed E-state index contributed by atoms with van der Waals surface area (Å²) in [6.45, 7) is 0.314. The number of rotatable bonds is 11. The summed E-state index contributed by atoms with van der Waals surface area (Å²) in [5.74, 6) is 0.547. The zero-order chi connectivity index (χ0) is 26.0. The highest BCUT2D eigenvalue weighted by atomic mass is 35.5. The van der Waals surface area contributed by atoms with E-state index in [1.54, 1.807) is 12.0 Å². The number of hydrogen-bond donors (Lipinski definition) is 1. The lowest BCUT2D eigenvalue weighted by atomic mass is 10.0. The lowest BCUT2D eigenvalue weighted by Crippen LogP contribution is -2.52. The van der Waals surface area contributed by atoms with Crippen LogP contribution < -0.4 is 10.1 Å². The van der Waals surface area contributed by atoms with Gasteiger partial charge in [0.15, 0.2) is 0 Å². The average Bonchev–Trinajstić information content (AvgIpc) is 3.43. The van der Waals surface area contributed by atoms with E-state index >= 15 is 0 Å². The Morgan fingerprint density at radius 1 is 0.973 bits per heavy atom. The second kappa shape index (κ2) is 13.3. The van der Waals surface area contributed by atoms with Crippen molar-refractivity contribution in [3.8, 4) is 5.75 Å². The molecule has 0 heterocycles. The van der Waals surface area contributed by atoms with Crippen LogP contribution >= 0.6 is 11.6 Å². The third kappa shape index (κ3) is 7.59. The molecule has 1 atom stereocenters. The number of carbonyl (C=O) groups excluding carboxylic acids is 2. The molecule has 1 aliphatic carbocycles. The normalized spacial score (nSPS) is 14.2. The number of amides is 2. The van der Waals surface area contributed by atoms with Gasteiger partial charge in [-0.15, -0.1) is 0 Å². The molecule has 194 valence electrons. The molecule has 1 N–H and O–H groups in total. The van der Waals surface area contributed by atoms with Gasteiger partial charge in [0.1, 0.15) is 11.8 Å². The van der Waals surface area contributed by atoms with Crippen LogP contribution in [0.5, 0.6) is 5.75 Å². The Balaban J connectivity index is 1.63. The van der Waals surface area contributed by atoms with Crippen LogP contribution in [0.2, 0.25) is 5.02 Å². The van der Waals surface area contributed by atoms with Crippen LogP contribution in [-0.4, -0.2) is 35.9 Å². The van der Waals surface area contributed by atoms with Crippen molar-refractivity contribution in [3.63, 3.8) is 0 Å². The minimum atomic E-state index is -0.632. The molecule has 0 bridgehead atoms. The Labute approximate surface area is 224 Å². The average molecular weight is 519 g/mol. The summed E-state index contributed by atoms with van der Waals surface area (Å²) < 4.78 is 5.41. The number of carbonyl (C=O) groups is 2. The number of halogens is 1. The van der Waals surface area contributed by atoms with Crippen molar-refractivity contribution >= 4 is 23.4 Å². The van der Waals surface area contributed by atoms with Crippen LogP contribution in [0.3, 0.4) is 0 Å². The van der Waals surface area contributed by atoms with E-state index < -0.39 is 6.04 Å². The van der Waals surface area contributed by atoms with Gasteiger partial charge in [-0.25, -0.2) is 0 Å². The fraction of sp³-hybridized carbons (Fsp3) is 0.355. The summed E-state index contributed by atoms with van der Waals surface area (Å²) in [6.07, 6.45) is 5.43. The van der Waals surface area contributed by atoms with Gasteiger partial charge in [-0.2, -0.15) is 0 Å². The molecule has 4 rings (SSSR count). The smallest absolute Gasteiger partial charge is 0.243 e. The van der Waals surface area contributed by atoms with Crippen LogP contribution in [0.15, 0.2) is 78.9 Å². The number of hydrogen-bond acceptors (Lipinski definition) is 3. The molecule has 0 unspecified atom stereocenters. The second-order valence-electron chi connectivity index (χ2n) is 9.66. The van der Waals surface area contributed by atoms with Crippen LogP contribution in [0, 0.1) is 0 Å². The number of ether oxygens (including phenoxy) is 1. The first-order chi connectivity index (χ1) is 18.0. The quantitative estimate of drug-likeness (QED) is 0.339. The van der Waals surface area contributed by atoms with Crippen LogP contribution in [0.25, 0.3) is 0 Å². The molecule has 5 nitrogen and oxygen atoms in total. The molecule has 1 saturated carbocycles. The Hall–Kier alpha value is -3.31. The van der Waals surface area contributed by atoms with Crippen molar-refractivity contribution in [2.24, 2.45) is 0 Å². The zero-order valence-electron chi connectivity index (χ0n) is 21.4. The molecule has 6 heteroatoms. The molecular formula is C31H35ClN2O3. The van der Waals surface area contributed by atoms with Crippen molar-refractivity contribution in [2.75, 3.05) is 7.11 Å². The topological polar surface area (TPSA) is 58.6 Å². The molecule has 0 saturated heterocycles. The summed E-state index contributed by atoms with van der Waals surface area (Å²) >= 11 is 6.36. The predicted molar refractivity (Wildman–Crippen MR) is 148 cm³/mol. The molecule has 3 aromatic carbocycles. The monoisotopic (exact) mass is 518 g/mol. The van der Waals surface area contributed by atoms with Crippen molar-refractivity contribution in [1.82, 2.24) is 10.2 Å². The largest absolute Gasteiger partial charge is 0.497 e. The molecule has 37 heavy (non-hydrogen) atoms. The van der Waals surface area contributed by atoms with E-state index in [1.165, 1.54) is 0 Å². The van der Waals surface area contributed by atoms with Gasteiger partial charge in [-0.1, -0.05) is 85.1 Å². The van der Waals surface area contributed by atoms with Crippen molar-refractivity contribution in [3.05, 3.63) is 101 Å². The first-order valence-corrected chi connectivity index (χ1v) is 13.4. The summed E-state index contributed by atoms with van der Waals surface area (Å²) in [5, 5.41) is 3.89. The highest BCUT2D eigenvalue weighted by Gasteiger charge is 2.32. The van der Waals surface area contributed by atoms with E-state index in [2.05, 4.69) is 5.32 Å². The second-order valence-corrected chi connectivity index (χ2v) is 10.1. The van der Waals surface area contributed by atoms with Gasteiger partial charge in [-0.3, -0.25) is 9.59 Å². The molecule has 2 amide bonds. The molecule has 3 aromatic rings. The van der Waals surface area contributed by atoms with Gasteiger partial charge in [0.25, 0.3) is 0 Å². The van der Waals surface area contributed by atoms with E-state index in [0.717, 1.165) is 48.1 Å². The van der Waals surface area contributed by atoms with Gasteiger partial charge in [0.05, 0.1) is 7.11 Å². The maximum atomic E-state index is 13.8. The fourth-order valence-electron chi connectivity index (χ4n) is 4.98. The van der Waals surface area contributed by atoms with E-state index in [0.29, 0.717) is 24.4 Å². The standard InChI is InChI=1S/C31H35ClN2O3/c1-37-27-16-9-12-24(20-27)22-34(30(35)19-18-25-13-5-8-17-28(25)32)29(21-23-10-3-2-4-11-23)31(36)33-26-14-6-7-15-26/h2-5,8-13,16-17,20,26,29H,6-7,14-15,18-19,21-22H2,1H3,(H,33,36)/t29-/m0/s1. The molecule has 0 spiro atoms. The van der Waals surface area contributed by atoms with Crippen LogP contribution in [0.1, 0.15) is 48.8 Å². The lowest BCUT2D eigenvalue weighted by Gasteiger charge is -2.32. The minimum Gasteiger partial charge on any atom is -0.497 e. The number of benzene rings is 3. The maximum absolute atomic E-state index is 13.8. The molecule has 1 fully saturated rings. The third-order valence-corrected chi connectivity index (χ3v) is 7.39. The lowest BCUT2D eigenvalue weighted by molar-refractivity contribution is -0.141. The fourth-order valence-corrected chi connectivity index (χ4v) is 5.21. The summed E-state index contributed by atoms with van der Waals surface area (Å²) in [6, 6.07) is 24.7. The Bertz CT molecular complexity index is 1180. The predicted octanol–water partition coefficient (Wildman–Crippen LogP) is 5.98. The Kier molecular flexibility index (Phi) is 9.61. The van der Waals surface area contributed by atoms with Crippen LogP contribution in [-0.2, 0) is 29.0 Å². The summed E-state index contributed by atoms with van der Waals surface area (Å²) in [4.78, 5) is 29.3. The first-order valence-electron chi connectivity index (χ1n) is 13.0. The number of nitrogens with zero attached hydrogens (tertiary/aromatic N) is 1. The maximum Gasteiger partial charge on any atom is 0.243 e. The molecular weight excluding hydrogens is 484 g/mol. The summed E-state index contributed by atoms with van der Waals surface area (Å²) in [5.41, 5.74) is 2.86. The molecule has 1 aliphatic rings. The molecule has 0 radical (unpaired) electrons. The number of nitrogens with one attached hydrogen (secondary N) is 1. The van der Waals surface area contributed by atoms with Crippen molar-refractivity contribution in [1.29, 1.82) is 0 Å². The van der Waals surface area contributed by atoms with Gasteiger partial charge in [0, 0.05) is 30.5 Å².